The van der Waals surface area contributed by atoms with Crippen LogP contribution in [0.1, 0.15) is 57.1 Å². The zero-order chi connectivity index (χ0) is 22.1. The van der Waals surface area contributed by atoms with Crippen LogP contribution in [0.15, 0.2) is 12.1 Å². The van der Waals surface area contributed by atoms with Crippen LogP contribution < -0.4 is 14.8 Å². The van der Waals surface area contributed by atoms with E-state index >= 15 is 0 Å². The molecule has 4 aliphatic rings. The lowest BCUT2D eigenvalue weighted by atomic mass is 9.46. The van der Waals surface area contributed by atoms with Crippen molar-refractivity contribution >= 4 is 17.8 Å². The first-order valence-electron chi connectivity index (χ1n) is 11.0. The standard InChI is InChI=1S/C23H27NO7/c1-11(2)17(20(26)27)24-21(28)30-15-6-5-12-10-13-4-3-8-22-16(12)18(15)31-19(22)14(25)7-9-23(13,22)29/h5-6,11,13,17,19,29H,3-4,7-10H2,1-2H3,(H,24,28)(H,26,27)/t13-,17-,19+,22+,23-/m1/s1. The fourth-order valence-electron chi connectivity index (χ4n) is 6.48. The molecular formula is C23H27NO7. The molecule has 166 valence electrons. The number of aliphatic carboxylic acids is 1. The van der Waals surface area contributed by atoms with E-state index in [1.807, 2.05) is 6.07 Å². The maximum atomic E-state index is 12.9. The number of nitrogens with one attached hydrogen (secondary N) is 1. The predicted molar refractivity (Wildman–Crippen MR) is 108 cm³/mol. The fourth-order valence-corrected chi connectivity index (χ4v) is 6.48. The first-order valence-corrected chi connectivity index (χ1v) is 11.0. The highest BCUT2D eigenvalue weighted by molar-refractivity contribution is 5.90. The summed E-state index contributed by atoms with van der Waals surface area (Å²) in [5.74, 6) is -0.942. The average molecular weight is 429 g/mol. The van der Waals surface area contributed by atoms with Gasteiger partial charge >= 0.3 is 12.1 Å². The van der Waals surface area contributed by atoms with Crippen LogP contribution in [0.5, 0.6) is 11.5 Å². The third-order valence-corrected chi connectivity index (χ3v) is 7.83. The molecule has 5 rings (SSSR count). The lowest BCUT2D eigenvalue weighted by Gasteiger charge is -2.59. The van der Waals surface area contributed by atoms with Gasteiger partial charge in [-0.1, -0.05) is 26.3 Å². The van der Waals surface area contributed by atoms with Gasteiger partial charge in [0.15, 0.2) is 23.4 Å². The molecule has 0 unspecified atom stereocenters. The number of ether oxygens (including phenoxy) is 2. The molecule has 2 fully saturated rings. The van der Waals surface area contributed by atoms with Crippen molar-refractivity contribution in [3.63, 3.8) is 0 Å². The Labute approximate surface area is 179 Å². The molecule has 3 aliphatic carbocycles. The monoisotopic (exact) mass is 429 g/mol. The summed E-state index contributed by atoms with van der Waals surface area (Å²) in [5.41, 5.74) is 0.0217. The molecule has 1 amide bonds. The largest absolute Gasteiger partial charge is 0.480 e. The van der Waals surface area contributed by atoms with Gasteiger partial charge in [0.25, 0.3) is 0 Å². The highest BCUT2D eigenvalue weighted by Crippen LogP contribution is 2.66. The first kappa shape index (κ1) is 20.3. The number of Topliss-reactive ketones (excluding diaryl/α,β-unsaturated/α-hetero) is 1. The summed E-state index contributed by atoms with van der Waals surface area (Å²) in [4.78, 5) is 36.8. The maximum Gasteiger partial charge on any atom is 0.413 e. The normalized spacial score (nSPS) is 33.4. The van der Waals surface area contributed by atoms with Crippen molar-refractivity contribution < 1.29 is 34.1 Å². The highest BCUT2D eigenvalue weighted by atomic mass is 16.6. The molecule has 1 aliphatic heterocycles. The first-order chi connectivity index (χ1) is 14.7. The lowest BCUT2D eigenvalue weighted by molar-refractivity contribution is -0.177. The molecule has 0 radical (unpaired) electrons. The van der Waals surface area contributed by atoms with E-state index in [1.165, 1.54) is 0 Å². The van der Waals surface area contributed by atoms with Gasteiger partial charge in [-0.2, -0.15) is 0 Å². The predicted octanol–water partition coefficient (Wildman–Crippen LogP) is 2.33. The highest BCUT2D eigenvalue weighted by Gasteiger charge is 2.71. The molecule has 1 spiro atoms. The fraction of sp³-hybridized carbons (Fsp3) is 0.609. The van der Waals surface area contributed by atoms with Crippen molar-refractivity contribution in [1.29, 1.82) is 0 Å². The van der Waals surface area contributed by atoms with Gasteiger partial charge in [0.2, 0.25) is 0 Å². The molecule has 0 saturated heterocycles. The number of carbonyl (C=O) groups excluding carboxylic acids is 2. The summed E-state index contributed by atoms with van der Waals surface area (Å²) in [6.45, 7) is 3.38. The number of aliphatic hydroxyl groups is 1. The Balaban J connectivity index is 1.54. The molecule has 2 saturated carbocycles. The summed E-state index contributed by atoms with van der Waals surface area (Å²) < 4.78 is 11.6. The van der Waals surface area contributed by atoms with Gasteiger partial charge in [0, 0.05) is 12.0 Å². The molecule has 1 aromatic carbocycles. The Bertz CT molecular complexity index is 988. The lowest BCUT2D eigenvalue weighted by Crippen LogP contribution is -2.69. The number of hydrogen-bond donors (Lipinski definition) is 3. The summed E-state index contributed by atoms with van der Waals surface area (Å²) >= 11 is 0. The van der Waals surface area contributed by atoms with Crippen LogP contribution in [0.4, 0.5) is 4.79 Å². The molecule has 0 aromatic heterocycles. The van der Waals surface area contributed by atoms with Gasteiger partial charge < -0.3 is 25.0 Å². The zero-order valence-corrected chi connectivity index (χ0v) is 17.6. The number of benzene rings is 1. The molecule has 2 bridgehead atoms. The van der Waals surface area contributed by atoms with E-state index in [9.17, 15) is 24.6 Å². The van der Waals surface area contributed by atoms with Crippen molar-refractivity contribution in [3.8, 4) is 11.5 Å². The van der Waals surface area contributed by atoms with Gasteiger partial charge in [0.1, 0.15) is 6.04 Å². The van der Waals surface area contributed by atoms with Crippen molar-refractivity contribution in [2.75, 3.05) is 0 Å². The van der Waals surface area contributed by atoms with E-state index in [1.54, 1.807) is 19.9 Å². The minimum atomic E-state index is -1.15. The van der Waals surface area contributed by atoms with Crippen LogP contribution in [0.25, 0.3) is 0 Å². The van der Waals surface area contributed by atoms with Crippen molar-refractivity contribution in [2.24, 2.45) is 11.8 Å². The van der Waals surface area contributed by atoms with E-state index in [0.29, 0.717) is 25.0 Å². The van der Waals surface area contributed by atoms with Gasteiger partial charge in [-0.05, 0) is 49.1 Å². The van der Waals surface area contributed by atoms with Crippen molar-refractivity contribution in [2.45, 2.75) is 75.5 Å². The van der Waals surface area contributed by atoms with E-state index in [4.69, 9.17) is 9.47 Å². The Kier molecular flexibility index (Phi) is 4.38. The van der Waals surface area contributed by atoms with E-state index in [2.05, 4.69) is 5.32 Å². The summed E-state index contributed by atoms with van der Waals surface area (Å²) in [7, 11) is 0. The number of carboxylic acids is 1. The van der Waals surface area contributed by atoms with E-state index < -0.39 is 35.2 Å². The van der Waals surface area contributed by atoms with E-state index in [0.717, 1.165) is 24.0 Å². The van der Waals surface area contributed by atoms with Crippen LogP contribution in [0, 0.1) is 11.8 Å². The molecule has 8 heteroatoms. The minimum Gasteiger partial charge on any atom is -0.480 e. The van der Waals surface area contributed by atoms with Crippen molar-refractivity contribution in [3.05, 3.63) is 23.3 Å². The molecule has 1 heterocycles. The minimum absolute atomic E-state index is 0.0319. The third-order valence-electron chi connectivity index (χ3n) is 7.83. The van der Waals surface area contributed by atoms with Crippen LogP contribution in [0.2, 0.25) is 0 Å². The van der Waals surface area contributed by atoms with Gasteiger partial charge in [-0.15, -0.1) is 0 Å². The molecule has 3 N–H and O–H groups in total. The number of amides is 1. The Morgan fingerprint density at radius 2 is 2.06 bits per heavy atom. The number of carboxylic acid groups (broad SMARTS) is 1. The average Bonchev–Trinajstić information content (AvgIpc) is 3.05. The second-order valence-corrected chi connectivity index (χ2v) is 9.67. The Morgan fingerprint density at radius 1 is 1.29 bits per heavy atom. The van der Waals surface area contributed by atoms with Crippen LogP contribution in [-0.2, 0) is 21.4 Å². The number of carbonyl (C=O) groups is 3. The van der Waals surface area contributed by atoms with Gasteiger partial charge in [-0.3, -0.25) is 4.79 Å². The third kappa shape index (κ3) is 2.60. The second-order valence-electron chi connectivity index (χ2n) is 9.67. The number of ketones is 1. The quantitative estimate of drug-likeness (QED) is 0.671. The summed E-state index contributed by atoms with van der Waals surface area (Å²) in [5, 5.41) is 23.5. The molecule has 8 nitrogen and oxygen atoms in total. The van der Waals surface area contributed by atoms with Gasteiger partial charge in [0.05, 0.1) is 11.0 Å². The molecule has 1 aromatic rings. The Morgan fingerprint density at radius 3 is 2.77 bits per heavy atom. The van der Waals surface area contributed by atoms with E-state index in [-0.39, 0.29) is 29.8 Å². The topological polar surface area (TPSA) is 122 Å². The SMILES string of the molecule is CC(C)[C@@H](NC(=O)Oc1ccc2c3c1O[C@H]1C(=O)CC[C@@]4(O)[C@H](CCC[C@]314)C2)C(=O)O. The zero-order valence-electron chi connectivity index (χ0n) is 17.6. The summed E-state index contributed by atoms with van der Waals surface area (Å²) in [6.07, 6.45) is 2.20. The smallest absolute Gasteiger partial charge is 0.413 e. The second kappa shape index (κ2) is 6.69. The summed E-state index contributed by atoms with van der Waals surface area (Å²) in [6, 6.07) is 2.42. The molecule has 5 atom stereocenters. The van der Waals surface area contributed by atoms with Crippen molar-refractivity contribution in [1.82, 2.24) is 5.32 Å². The molecular weight excluding hydrogens is 402 g/mol. The van der Waals surface area contributed by atoms with Crippen LogP contribution in [0.3, 0.4) is 0 Å². The van der Waals surface area contributed by atoms with Crippen LogP contribution >= 0.6 is 0 Å². The Hall–Kier alpha value is -2.61. The number of hydrogen-bond acceptors (Lipinski definition) is 6. The number of rotatable bonds is 4. The van der Waals surface area contributed by atoms with Gasteiger partial charge in [-0.25, -0.2) is 9.59 Å². The maximum absolute atomic E-state index is 12.9. The molecule has 31 heavy (non-hydrogen) atoms. The van der Waals surface area contributed by atoms with Crippen LogP contribution in [-0.4, -0.2) is 45.8 Å².